The van der Waals surface area contributed by atoms with Gasteiger partial charge in [-0.25, -0.2) is 9.97 Å². The van der Waals surface area contributed by atoms with Gasteiger partial charge in [0.2, 0.25) is 0 Å². The highest BCUT2D eigenvalue weighted by Gasteiger charge is 2.15. The summed E-state index contributed by atoms with van der Waals surface area (Å²) in [5.41, 5.74) is 5.75. The Hall–Kier alpha value is -2.40. The number of anilines is 2. The van der Waals surface area contributed by atoms with Gasteiger partial charge in [0.15, 0.2) is 0 Å². The first kappa shape index (κ1) is 21.9. The number of allylic oxidation sites excluding steroid dienone is 1. The Morgan fingerprint density at radius 1 is 1.14 bits per heavy atom. The zero-order valence-electron chi connectivity index (χ0n) is 18.1. The van der Waals surface area contributed by atoms with Crippen molar-refractivity contribution in [2.45, 2.75) is 53.0 Å². The van der Waals surface area contributed by atoms with E-state index >= 15 is 0 Å². The summed E-state index contributed by atoms with van der Waals surface area (Å²) < 4.78 is 5.31. The summed E-state index contributed by atoms with van der Waals surface area (Å²) in [4.78, 5) is 9.74. The van der Waals surface area contributed by atoms with Gasteiger partial charge >= 0.3 is 0 Å². The maximum atomic E-state index is 5.31. The minimum absolute atomic E-state index is 0.236. The highest BCUT2D eigenvalue weighted by atomic mass is 16.5. The summed E-state index contributed by atoms with van der Waals surface area (Å²) in [6, 6.07) is 8.55. The summed E-state index contributed by atoms with van der Waals surface area (Å²) in [6.45, 7) is 16.1. The van der Waals surface area contributed by atoms with Crippen LogP contribution < -0.4 is 10.6 Å². The van der Waals surface area contributed by atoms with Gasteiger partial charge in [-0.1, -0.05) is 27.4 Å². The van der Waals surface area contributed by atoms with Crippen LogP contribution in [-0.4, -0.2) is 36.3 Å². The molecular weight excluding hydrogens is 348 g/mol. The lowest BCUT2D eigenvalue weighted by Gasteiger charge is -2.20. The summed E-state index contributed by atoms with van der Waals surface area (Å²) in [7, 11) is 1.72. The minimum atomic E-state index is 0.236. The average molecular weight is 383 g/mol. The van der Waals surface area contributed by atoms with E-state index in [1.54, 1.807) is 7.11 Å². The van der Waals surface area contributed by atoms with Crippen LogP contribution in [0.1, 0.15) is 58.3 Å². The number of pyridine rings is 2. The predicted molar refractivity (Wildman–Crippen MR) is 120 cm³/mol. The number of ether oxygens (including phenoxy) is 1. The normalized spacial score (nSPS) is 12.1. The van der Waals surface area contributed by atoms with Crippen LogP contribution in [0.25, 0.3) is 16.8 Å². The molecule has 1 atom stereocenters. The molecule has 1 unspecified atom stereocenters. The van der Waals surface area contributed by atoms with Gasteiger partial charge < -0.3 is 15.4 Å². The van der Waals surface area contributed by atoms with E-state index in [1.807, 2.05) is 13.0 Å². The van der Waals surface area contributed by atoms with Gasteiger partial charge in [-0.05, 0) is 56.0 Å². The van der Waals surface area contributed by atoms with Crippen LogP contribution in [0.4, 0.5) is 11.5 Å². The number of methoxy groups -OCH3 is 1. The van der Waals surface area contributed by atoms with Crippen molar-refractivity contribution in [3.63, 3.8) is 0 Å². The maximum absolute atomic E-state index is 5.31. The Labute approximate surface area is 169 Å². The van der Waals surface area contributed by atoms with Crippen molar-refractivity contribution in [3.05, 3.63) is 42.2 Å². The van der Waals surface area contributed by atoms with Crippen LogP contribution in [0.5, 0.6) is 0 Å². The summed E-state index contributed by atoms with van der Waals surface area (Å²) >= 11 is 0. The molecule has 5 heteroatoms. The second-order valence-electron chi connectivity index (χ2n) is 7.40. The van der Waals surface area contributed by atoms with E-state index < -0.39 is 0 Å². The predicted octanol–water partition coefficient (Wildman–Crippen LogP) is 5.57. The molecule has 2 aromatic heterocycles. The first-order valence-corrected chi connectivity index (χ1v) is 10.1. The van der Waals surface area contributed by atoms with Crippen LogP contribution in [0, 0.1) is 0 Å². The zero-order chi connectivity index (χ0) is 20.7. The summed E-state index contributed by atoms with van der Waals surface area (Å²) in [6.07, 6.45) is 0.969. The van der Waals surface area contributed by atoms with E-state index in [0.717, 1.165) is 52.7 Å². The van der Waals surface area contributed by atoms with Crippen molar-refractivity contribution in [3.8, 4) is 11.3 Å². The van der Waals surface area contributed by atoms with E-state index in [0.29, 0.717) is 12.5 Å². The molecule has 0 spiro atoms. The van der Waals surface area contributed by atoms with Gasteiger partial charge in [-0.2, -0.15) is 0 Å². The Kier molecular flexibility index (Phi) is 8.00. The van der Waals surface area contributed by atoms with Crippen molar-refractivity contribution in [2.24, 2.45) is 0 Å². The van der Waals surface area contributed by atoms with E-state index in [4.69, 9.17) is 14.7 Å². The van der Waals surface area contributed by atoms with Gasteiger partial charge in [-0.15, -0.1) is 0 Å². The number of aromatic nitrogens is 2. The van der Waals surface area contributed by atoms with Crippen molar-refractivity contribution in [1.29, 1.82) is 0 Å². The second-order valence-corrected chi connectivity index (χ2v) is 7.40. The van der Waals surface area contributed by atoms with Crippen LogP contribution in [0.3, 0.4) is 0 Å². The average Bonchev–Trinajstić information content (AvgIpc) is 2.68. The van der Waals surface area contributed by atoms with E-state index in [-0.39, 0.29) is 6.04 Å². The van der Waals surface area contributed by atoms with Gasteiger partial charge in [-0.3, -0.25) is 0 Å². The molecule has 0 radical (unpaired) electrons. The van der Waals surface area contributed by atoms with Crippen molar-refractivity contribution in [1.82, 2.24) is 9.97 Å². The smallest absolute Gasteiger partial charge is 0.135 e. The molecule has 28 heavy (non-hydrogen) atoms. The third-order valence-electron chi connectivity index (χ3n) is 4.65. The number of nitrogens with one attached hydrogen (secondary N) is 2. The zero-order valence-corrected chi connectivity index (χ0v) is 18.1. The molecule has 0 amide bonds. The van der Waals surface area contributed by atoms with Crippen LogP contribution in [-0.2, 0) is 4.74 Å². The quantitative estimate of drug-likeness (QED) is 0.562. The largest absolute Gasteiger partial charge is 0.383 e. The molecule has 0 aliphatic rings. The molecule has 0 saturated carbocycles. The molecule has 0 bridgehead atoms. The monoisotopic (exact) mass is 382 g/mol. The van der Waals surface area contributed by atoms with E-state index in [9.17, 15) is 0 Å². The fraction of sp³-hybridized carbons (Fsp3) is 0.478. The van der Waals surface area contributed by atoms with Gasteiger partial charge in [0.1, 0.15) is 5.82 Å². The molecule has 0 saturated heterocycles. The van der Waals surface area contributed by atoms with Crippen molar-refractivity contribution < 1.29 is 4.74 Å². The third kappa shape index (κ3) is 5.32. The molecule has 2 rings (SSSR count). The highest BCUT2D eigenvalue weighted by molar-refractivity contribution is 5.78. The summed E-state index contributed by atoms with van der Waals surface area (Å²) in [5.74, 6) is 1.25. The molecular formula is C23H34N4O. The Morgan fingerprint density at radius 3 is 2.46 bits per heavy atom. The number of hydrogen-bond acceptors (Lipinski definition) is 5. The highest BCUT2D eigenvalue weighted by Crippen LogP contribution is 2.31. The molecule has 152 valence electrons. The Balaban J connectivity index is 2.47. The first-order valence-electron chi connectivity index (χ1n) is 10.1. The van der Waals surface area contributed by atoms with E-state index in [2.05, 4.69) is 63.1 Å². The molecule has 0 aliphatic carbocycles. The number of hydrogen-bond donors (Lipinski definition) is 2. The first-order chi connectivity index (χ1) is 13.4. The van der Waals surface area contributed by atoms with Gasteiger partial charge in [0.05, 0.1) is 23.7 Å². The lowest BCUT2D eigenvalue weighted by atomic mass is 10.0. The topological polar surface area (TPSA) is 59.1 Å². The molecule has 0 aromatic carbocycles. The summed E-state index contributed by atoms with van der Waals surface area (Å²) in [5, 5.41) is 6.93. The van der Waals surface area contributed by atoms with Gasteiger partial charge in [0, 0.05) is 31.0 Å². The number of nitrogens with zero attached hydrogens (tertiary/aromatic N) is 2. The van der Waals surface area contributed by atoms with Gasteiger partial charge in [0.25, 0.3) is 0 Å². The van der Waals surface area contributed by atoms with E-state index in [1.165, 1.54) is 0 Å². The molecule has 2 N–H and O–H groups in total. The minimum Gasteiger partial charge on any atom is -0.383 e. The van der Waals surface area contributed by atoms with Crippen molar-refractivity contribution in [2.75, 3.05) is 30.9 Å². The second kappa shape index (κ2) is 10.2. The molecule has 2 heterocycles. The standard InChI is InChI=1S/C23H34N4O/c1-8-17(14-28-7)25-21-13-12-20(26-22(21)16(5)6)18-10-11-19(15(3)4)27-23(18)24-9-2/h10-13,15,17,25H,5,8-9,14H2,1-4,6-7H3,(H,24,27). The number of rotatable bonds is 10. The Bertz CT molecular complexity index is 801. The fourth-order valence-corrected chi connectivity index (χ4v) is 3.04. The molecule has 0 aliphatic heterocycles. The molecule has 5 nitrogen and oxygen atoms in total. The maximum Gasteiger partial charge on any atom is 0.135 e. The Morgan fingerprint density at radius 2 is 1.89 bits per heavy atom. The SMILES string of the molecule is C=C(C)c1nc(-c2ccc(C(C)C)nc2NCC)ccc1NC(CC)COC. The lowest BCUT2D eigenvalue weighted by molar-refractivity contribution is 0.184. The van der Waals surface area contributed by atoms with Crippen LogP contribution in [0.15, 0.2) is 30.8 Å². The molecule has 2 aromatic rings. The molecule has 0 fully saturated rings. The lowest BCUT2D eigenvalue weighted by Crippen LogP contribution is -2.24. The third-order valence-corrected chi connectivity index (χ3v) is 4.65. The fourth-order valence-electron chi connectivity index (χ4n) is 3.04. The van der Waals surface area contributed by atoms with Crippen LogP contribution in [0.2, 0.25) is 0 Å². The van der Waals surface area contributed by atoms with Crippen molar-refractivity contribution >= 4 is 17.1 Å². The van der Waals surface area contributed by atoms with Crippen LogP contribution >= 0.6 is 0 Å².